The lowest BCUT2D eigenvalue weighted by molar-refractivity contribution is -0.115. The van der Waals surface area contributed by atoms with Crippen LogP contribution in [0, 0.1) is 6.42 Å². The molecule has 0 aromatic heterocycles. The third kappa shape index (κ3) is 3.23. The first-order valence-electron chi connectivity index (χ1n) is 2.24. The fraction of sp³-hybridized carbons (Fsp3) is 0.333. The number of hydrogen-bond acceptors (Lipinski definition) is 1. The smallest absolute Gasteiger partial charge is 0.140 e. The van der Waals surface area contributed by atoms with Gasteiger partial charge in [-0.3, -0.25) is 4.79 Å². The van der Waals surface area contributed by atoms with Crippen LogP contribution in [0.15, 0.2) is 12.7 Å². The van der Waals surface area contributed by atoms with Crippen molar-refractivity contribution < 1.29 is 4.79 Å². The number of carbonyl (C=O) groups is 1. The van der Waals surface area contributed by atoms with Crippen LogP contribution in [0.4, 0.5) is 0 Å². The Morgan fingerprint density at radius 2 is 2.43 bits per heavy atom. The summed E-state index contributed by atoms with van der Waals surface area (Å²) in [6, 6.07) is 0. The Labute approximate surface area is 44.0 Å². The summed E-state index contributed by atoms with van der Waals surface area (Å²) in [4.78, 5) is 10.3. The highest BCUT2D eigenvalue weighted by atomic mass is 16.1. The lowest BCUT2D eigenvalue weighted by atomic mass is 10.2. The summed E-state index contributed by atoms with van der Waals surface area (Å²) in [5.41, 5.74) is 0. The van der Waals surface area contributed by atoms with Crippen LogP contribution in [-0.2, 0) is 4.79 Å². The Morgan fingerprint density at radius 1 is 1.86 bits per heavy atom. The van der Waals surface area contributed by atoms with Crippen LogP contribution in [0.2, 0.25) is 0 Å². The fourth-order valence-electron chi connectivity index (χ4n) is 0.260. The number of rotatable bonds is 3. The number of Topliss-reactive ketones (excluding diaryl/α,β-unsaturated/α-hetero) is 1. The van der Waals surface area contributed by atoms with Gasteiger partial charge in [-0.1, -0.05) is 13.0 Å². The third-order valence-corrected chi connectivity index (χ3v) is 0.667. The van der Waals surface area contributed by atoms with Crippen LogP contribution in [0.25, 0.3) is 0 Å². The van der Waals surface area contributed by atoms with Crippen molar-refractivity contribution in [3.8, 4) is 0 Å². The quantitative estimate of drug-likeness (QED) is 0.486. The molecule has 0 bridgehead atoms. The van der Waals surface area contributed by atoms with Crippen LogP contribution < -0.4 is 0 Å². The summed E-state index contributed by atoms with van der Waals surface area (Å²) in [7, 11) is 0. The topological polar surface area (TPSA) is 17.1 Å². The van der Waals surface area contributed by atoms with Gasteiger partial charge in [0.15, 0.2) is 0 Å². The Balaban J connectivity index is 3.17. The molecule has 1 heteroatoms. The average Bonchev–Trinajstić information content (AvgIpc) is 1.68. The zero-order valence-electron chi connectivity index (χ0n) is 4.48. The Hall–Kier alpha value is -0.590. The second-order valence-electron chi connectivity index (χ2n) is 1.25. The van der Waals surface area contributed by atoms with E-state index in [1.165, 1.54) is 0 Å². The van der Waals surface area contributed by atoms with E-state index in [0.29, 0.717) is 6.42 Å². The molecule has 0 aromatic rings. The van der Waals surface area contributed by atoms with Gasteiger partial charge in [0.1, 0.15) is 5.78 Å². The SMILES string of the molecule is C=CCC(=O)[CH]C. The lowest BCUT2D eigenvalue weighted by Crippen LogP contribution is -1.90. The molecule has 0 rings (SSSR count). The van der Waals surface area contributed by atoms with E-state index in [9.17, 15) is 4.79 Å². The molecule has 0 aliphatic carbocycles. The largest absolute Gasteiger partial charge is 0.299 e. The fourth-order valence-corrected chi connectivity index (χ4v) is 0.260. The summed E-state index contributed by atoms with van der Waals surface area (Å²) in [6.07, 6.45) is 3.61. The van der Waals surface area contributed by atoms with Gasteiger partial charge in [0.2, 0.25) is 0 Å². The van der Waals surface area contributed by atoms with Crippen molar-refractivity contribution in [2.45, 2.75) is 13.3 Å². The van der Waals surface area contributed by atoms with Gasteiger partial charge in [0.05, 0.1) is 0 Å². The predicted octanol–water partition coefficient (Wildman–Crippen LogP) is 1.36. The van der Waals surface area contributed by atoms with Crippen LogP contribution in [0.3, 0.4) is 0 Å². The van der Waals surface area contributed by atoms with Gasteiger partial charge in [0.25, 0.3) is 0 Å². The number of carbonyl (C=O) groups excluding carboxylic acids is 1. The summed E-state index contributed by atoms with van der Waals surface area (Å²) >= 11 is 0. The highest BCUT2D eigenvalue weighted by Crippen LogP contribution is 1.85. The molecule has 0 aliphatic rings. The van der Waals surface area contributed by atoms with Crippen LogP contribution >= 0.6 is 0 Å². The molecule has 0 N–H and O–H groups in total. The van der Waals surface area contributed by atoms with Gasteiger partial charge in [-0.25, -0.2) is 0 Å². The molecule has 1 radical (unpaired) electrons. The van der Waals surface area contributed by atoms with Crippen molar-refractivity contribution in [1.82, 2.24) is 0 Å². The predicted molar refractivity (Wildman–Crippen MR) is 29.8 cm³/mol. The van der Waals surface area contributed by atoms with Crippen LogP contribution in [0.1, 0.15) is 13.3 Å². The molecule has 0 amide bonds. The van der Waals surface area contributed by atoms with E-state index in [0.717, 1.165) is 0 Å². The minimum Gasteiger partial charge on any atom is -0.299 e. The van der Waals surface area contributed by atoms with E-state index in [4.69, 9.17) is 0 Å². The highest BCUT2D eigenvalue weighted by Gasteiger charge is 1.89. The second kappa shape index (κ2) is 3.59. The minimum atomic E-state index is 0.134. The Bertz CT molecular complexity index is 74.2. The standard InChI is InChI=1S/C6H9O/c1-3-5-6(7)4-2/h3-4H,1,5H2,2H3. The normalized spacial score (nSPS) is 8.14. The zero-order valence-corrected chi connectivity index (χ0v) is 4.48. The number of ketones is 1. The molecule has 0 atom stereocenters. The molecular formula is C6H9O. The summed E-state index contributed by atoms with van der Waals surface area (Å²) in [5.74, 6) is 0.134. The molecule has 0 aliphatic heterocycles. The molecule has 7 heavy (non-hydrogen) atoms. The minimum absolute atomic E-state index is 0.134. The second-order valence-corrected chi connectivity index (χ2v) is 1.25. The van der Waals surface area contributed by atoms with Crippen molar-refractivity contribution in [2.75, 3.05) is 0 Å². The summed E-state index contributed by atoms with van der Waals surface area (Å²) in [6.45, 7) is 5.14. The molecular weight excluding hydrogens is 88.1 g/mol. The summed E-state index contributed by atoms with van der Waals surface area (Å²) < 4.78 is 0. The van der Waals surface area contributed by atoms with Gasteiger partial charge in [-0.15, -0.1) is 6.58 Å². The van der Waals surface area contributed by atoms with E-state index in [-0.39, 0.29) is 5.78 Å². The van der Waals surface area contributed by atoms with E-state index in [1.54, 1.807) is 19.4 Å². The first kappa shape index (κ1) is 6.41. The van der Waals surface area contributed by atoms with Crippen LogP contribution in [-0.4, -0.2) is 5.78 Å². The van der Waals surface area contributed by atoms with Crippen molar-refractivity contribution >= 4 is 5.78 Å². The Kier molecular flexibility index (Phi) is 3.29. The summed E-state index contributed by atoms with van der Waals surface area (Å²) in [5, 5.41) is 0. The maximum absolute atomic E-state index is 10.3. The van der Waals surface area contributed by atoms with Gasteiger partial charge < -0.3 is 0 Å². The lowest BCUT2D eigenvalue weighted by Gasteiger charge is -1.83. The van der Waals surface area contributed by atoms with Gasteiger partial charge in [-0.2, -0.15) is 0 Å². The molecule has 0 spiro atoms. The monoisotopic (exact) mass is 97.1 g/mol. The van der Waals surface area contributed by atoms with Crippen molar-refractivity contribution in [3.05, 3.63) is 19.1 Å². The first-order valence-corrected chi connectivity index (χ1v) is 2.24. The third-order valence-electron chi connectivity index (χ3n) is 0.667. The van der Waals surface area contributed by atoms with Crippen molar-refractivity contribution in [2.24, 2.45) is 0 Å². The number of hydrogen-bond donors (Lipinski definition) is 0. The maximum atomic E-state index is 10.3. The molecule has 0 aromatic carbocycles. The van der Waals surface area contributed by atoms with E-state index in [2.05, 4.69) is 6.58 Å². The van der Waals surface area contributed by atoms with Crippen molar-refractivity contribution in [1.29, 1.82) is 0 Å². The number of allylic oxidation sites excluding steroid dienone is 1. The molecule has 0 heterocycles. The molecule has 39 valence electrons. The van der Waals surface area contributed by atoms with Crippen molar-refractivity contribution in [3.63, 3.8) is 0 Å². The van der Waals surface area contributed by atoms with E-state index in [1.807, 2.05) is 0 Å². The average molecular weight is 97.1 g/mol. The van der Waals surface area contributed by atoms with E-state index < -0.39 is 0 Å². The van der Waals surface area contributed by atoms with Crippen LogP contribution in [0.5, 0.6) is 0 Å². The van der Waals surface area contributed by atoms with E-state index >= 15 is 0 Å². The molecule has 1 nitrogen and oxygen atoms in total. The zero-order chi connectivity index (χ0) is 5.70. The Morgan fingerprint density at radius 3 is 2.57 bits per heavy atom. The van der Waals surface area contributed by atoms with Gasteiger partial charge in [-0.05, 0) is 0 Å². The maximum Gasteiger partial charge on any atom is 0.140 e. The molecule has 0 unspecified atom stereocenters. The van der Waals surface area contributed by atoms with Gasteiger partial charge in [0, 0.05) is 12.8 Å². The highest BCUT2D eigenvalue weighted by molar-refractivity contribution is 5.87. The first-order chi connectivity index (χ1) is 3.31. The van der Waals surface area contributed by atoms with Gasteiger partial charge >= 0.3 is 0 Å². The molecule has 0 saturated carbocycles. The molecule has 0 fully saturated rings. The molecule has 0 saturated heterocycles.